The molecule has 0 rings (SSSR count). The average Bonchev–Trinajstić information content (AvgIpc) is 2.53. The van der Waals surface area contributed by atoms with Crippen molar-refractivity contribution < 1.29 is 18.6 Å². The van der Waals surface area contributed by atoms with Crippen molar-refractivity contribution in [3.63, 3.8) is 0 Å². The number of hydrogen-bond acceptors (Lipinski definition) is 4. The molecule has 0 unspecified atom stereocenters. The summed E-state index contributed by atoms with van der Waals surface area (Å²) in [4.78, 5) is 0. The minimum Gasteiger partial charge on any atom is -0.502 e. The van der Waals surface area contributed by atoms with E-state index in [2.05, 4.69) is 0 Å². The predicted molar refractivity (Wildman–Crippen MR) is 94.1 cm³/mol. The highest BCUT2D eigenvalue weighted by Crippen LogP contribution is 2.23. The molecule has 0 spiro atoms. The van der Waals surface area contributed by atoms with Gasteiger partial charge >= 0.3 is 0 Å². The van der Waals surface area contributed by atoms with Crippen LogP contribution in [-0.2, 0) is 18.6 Å². The average molecular weight is 329 g/mol. The van der Waals surface area contributed by atoms with Crippen molar-refractivity contribution in [1.29, 1.82) is 0 Å². The van der Waals surface area contributed by atoms with Gasteiger partial charge in [-0.1, -0.05) is 18.2 Å². The van der Waals surface area contributed by atoms with Crippen LogP contribution in [0.3, 0.4) is 0 Å². The van der Waals surface area contributed by atoms with E-state index < -0.39 is 8.32 Å². The topological polar surface area (TPSA) is 36.9 Å². The van der Waals surface area contributed by atoms with Crippen LogP contribution in [0.15, 0.2) is 37.0 Å². The summed E-state index contributed by atoms with van der Waals surface area (Å²) in [5.74, 6) is 0. The Morgan fingerprint density at radius 2 is 1.05 bits per heavy atom. The molecule has 0 saturated carbocycles. The highest BCUT2D eigenvalue weighted by atomic mass is 28.4. The Labute approximate surface area is 136 Å². The first-order valence-corrected chi connectivity index (χ1v) is 10.6. The summed E-state index contributed by atoms with van der Waals surface area (Å²) in [7, 11) is -1.92. The van der Waals surface area contributed by atoms with Gasteiger partial charge in [0.15, 0.2) is 0 Å². The molecule has 0 bridgehead atoms. The van der Waals surface area contributed by atoms with Crippen molar-refractivity contribution in [3.8, 4) is 0 Å². The highest BCUT2D eigenvalue weighted by Gasteiger charge is 2.34. The Bertz CT molecular complexity index is 281. The van der Waals surface area contributed by atoms with E-state index >= 15 is 0 Å². The van der Waals surface area contributed by atoms with Crippen molar-refractivity contribution in [1.82, 2.24) is 0 Å². The van der Waals surface area contributed by atoms with Crippen LogP contribution in [0.2, 0.25) is 18.1 Å². The molecule has 22 heavy (non-hydrogen) atoms. The zero-order chi connectivity index (χ0) is 16.5. The Balaban J connectivity index is 4.58. The van der Waals surface area contributed by atoms with Crippen molar-refractivity contribution in [2.24, 2.45) is 0 Å². The van der Waals surface area contributed by atoms with Crippen LogP contribution >= 0.6 is 0 Å². The van der Waals surface area contributed by atoms with E-state index in [0.717, 1.165) is 24.7 Å². The monoisotopic (exact) mass is 328 g/mol. The van der Waals surface area contributed by atoms with Gasteiger partial charge in [0.1, 0.15) is 0 Å². The van der Waals surface area contributed by atoms with Gasteiger partial charge in [0.25, 0.3) is 0 Å². The summed E-state index contributed by atoms with van der Waals surface area (Å²) >= 11 is 0. The van der Waals surface area contributed by atoms with Crippen LogP contribution < -0.4 is 0 Å². The third kappa shape index (κ3) is 10.5. The highest BCUT2D eigenvalue weighted by molar-refractivity contribution is 6.74. The van der Waals surface area contributed by atoms with Gasteiger partial charge in [0.05, 0.1) is 38.6 Å². The Morgan fingerprint density at radius 1 is 0.682 bits per heavy atom. The van der Waals surface area contributed by atoms with Crippen LogP contribution in [0.5, 0.6) is 0 Å². The van der Waals surface area contributed by atoms with Crippen molar-refractivity contribution in [2.75, 3.05) is 26.4 Å². The molecule has 0 heterocycles. The molecule has 4 nitrogen and oxygen atoms in total. The molecule has 0 aromatic heterocycles. The second-order valence-electron chi connectivity index (χ2n) is 4.89. The fourth-order valence-electron chi connectivity index (χ4n) is 2.13. The third-order valence-corrected chi connectivity index (χ3v) is 7.42. The fourth-order valence-corrected chi connectivity index (χ4v) is 5.39. The molecule has 0 aliphatic rings. The molecular formula is C17H32O4Si. The number of rotatable bonds is 14. The van der Waals surface area contributed by atoms with Gasteiger partial charge in [0.2, 0.25) is 8.32 Å². The molecule has 0 N–H and O–H groups in total. The number of ether oxygens (including phenoxy) is 3. The summed E-state index contributed by atoms with van der Waals surface area (Å²) in [6.45, 7) is 10.7. The molecular weight excluding hydrogens is 296 g/mol. The van der Waals surface area contributed by atoms with Crippen molar-refractivity contribution in [3.05, 3.63) is 37.0 Å². The van der Waals surface area contributed by atoms with Crippen LogP contribution in [0.4, 0.5) is 0 Å². The van der Waals surface area contributed by atoms with E-state index in [-0.39, 0.29) is 0 Å². The Kier molecular flexibility index (Phi) is 13.9. The lowest BCUT2D eigenvalue weighted by Gasteiger charge is -2.30. The first-order chi connectivity index (χ1) is 10.7. The molecule has 0 saturated heterocycles. The standard InChI is InChI=1S/C17H32O4Si/c1-5-9-18-12-15-22(21-8-4,16-13-19-10-6-2)17-14-20-11-7-3/h5-7,9-11H,8,12-17H2,1-4H3. The zero-order valence-corrected chi connectivity index (χ0v) is 15.5. The van der Waals surface area contributed by atoms with Crippen LogP contribution in [0.25, 0.3) is 0 Å². The van der Waals surface area contributed by atoms with Crippen LogP contribution in [0.1, 0.15) is 27.7 Å². The minimum atomic E-state index is -1.92. The normalized spacial score (nSPS) is 14.7. The van der Waals surface area contributed by atoms with Gasteiger partial charge in [-0.15, -0.1) is 0 Å². The van der Waals surface area contributed by atoms with Gasteiger partial charge < -0.3 is 18.6 Å². The molecule has 0 aliphatic heterocycles. The van der Waals surface area contributed by atoms with Gasteiger partial charge in [-0.3, -0.25) is 0 Å². The second kappa shape index (κ2) is 14.7. The number of allylic oxidation sites excluding steroid dienone is 3. The van der Waals surface area contributed by atoms with Gasteiger partial charge in [-0.05, 0) is 27.7 Å². The van der Waals surface area contributed by atoms with E-state index in [4.69, 9.17) is 18.6 Å². The molecule has 0 aromatic carbocycles. The largest absolute Gasteiger partial charge is 0.502 e. The summed E-state index contributed by atoms with van der Waals surface area (Å²) in [6.07, 6.45) is 10.9. The third-order valence-electron chi connectivity index (χ3n) is 3.17. The second-order valence-corrected chi connectivity index (χ2v) is 9.04. The maximum atomic E-state index is 6.20. The molecule has 0 fully saturated rings. The maximum Gasteiger partial charge on any atom is 0.202 e. The maximum absolute atomic E-state index is 6.20. The minimum absolute atomic E-state index is 0.684. The van der Waals surface area contributed by atoms with Crippen molar-refractivity contribution >= 4 is 8.32 Å². The first kappa shape index (κ1) is 20.8. The quantitative estimate of drug-likeness (QED) is 0.265. The van der Waals surface area contributed by atoms with E-state index in [1.54, 1.807) is 18.8 Å². The molecule has 0 aliphatic carbocycles. The fraction of sp³-hybridized carbons (Fsp3) is 0.647. The summed E-state index contributed by atoms with van der Waals surface area (Å²) in [5, 5.41) is 0. The summed E-state index contributed by atoms with van der Waals surface area (Å²) < 4.78 is 22.7. The lowest BCUT2D eigenvalue weighted by atomic mass is 10.7. The van der Waals surface area contributed by atoms with Crippen LogP contribution in [0, 0.1) is 0 Å². The molecule has 0 radical (unpaired) electrons. The summed E-state index contributed by atoms with van der Waals surface area (Å²) in [6, 6.07) is 2.84. The molecule has 0 amide bonds. The van der Waals surface area contributed by atoms with E-state index in [1.807, 2.05) is 45.9 Å². The first-order valence-electron chi connectivity index (χ1n) is 8.07. The molecule has 0 atom stereocenters. The van der Waals surface area contributed by atoms with E-state index in [9.17, 15) is 0 Å². The van der Waals surface area contributed by atoms with Crippen LogP contribution in [-0.4, -0.2) is 34.7 Å². The Hall–Kier alpha value is -1.20. The van der Waals surface area contributed by atoms with Gasteiger partial charge in [-0.2, -0.15) is 0 Å². The Morgan fingerprint density at radius 3 is 1.32 bits per heavy atom. The lowest BCUT2D eigenvalue weighted by Crippen LogP contribution is -2.41. The SMILES string of the molecule is CC=COCC[Si](CCOC=CC)(CCOC=CC)OCC. The van der Waals surface area contributed by atoms with Gasteiger partial charge in [-0.25, -0.2) is 0 Å². The zero-order valence-electron chi connectivity index (χ0n) is 14.5. The number of hydrogen-bond donors (Lipinski definition) is 0. The molecule has 5 heteroatoms. The molecule has 0 aromatic rings. The van der Waals surface area contributed by atoms with Gasteiger partial charge in [0, 0.05) is 24.7 Å². The molecule has 128 valence electrons. The smallest absolute Gasteiger partial charge is 0.202 e. The predicted octanol–water partition coefficient (Wildman–Crippen LogP) is 4.62. The summed E-state index contributed by atoms with van der Waals surface area (Å²) in [5.41, 5.74) is 0. The van der Waals surface area contributed by atoms with E-state index in [0.29, 0.717) is 19.8 Å². The lowest BCUT2D eigenvalue weighted by molar-refractivity contribution is 0.223. The van der Waals surface area contributed by atoms with Crippen molar-refractivity contribution in [2.45, 2.75) is 45.8 Å². The van der Waals surface area contributed by atoms with E-state index in [1.165, 1.54) is 0 Å².